The minimum Gasteiger partial charge on any atom is -0.477 e. The number of amides is 1. The fraction of sp³-hybridized carbons (Fsp3) is 0.640. The Hall–Kier alpha value is -2.88. The average molecular weight is 487 g/mol. The van der Waals surface area contributed by atoms with E-state index in [1.807, 2.05) is 11.8 Å². The van der Waals surface area contributed by atoms with Crippen molar-refractivity contribution in [2.75, 3.05) is 63.9 Å². The molecule has 1 amide bonds. The van der Waals surface area contributed by atoms with Crippen LogP contribution in [0, 0.1) is 11.2 Å². The van der Waals surface area contributed by atoms with Crippen LogP contribution in [0.15, 0.2) is 23.5 Å². The molecule has 3 fully saturated rings. The maximum atomic E-state index is 14.2. The molecule has 0 bridgehead atoms. The van der Waals surface area contributed by atoms with E-state index in [0.717, 1.165) is 65.0 Å². The lowest BCUT2D eigenvalue weighted by atomic mass is 9.78. The van der Waals surface area contributed by atoms with E-state index < -0.39 is 5.82 Å². The van der Waals surface area contributed by atoms with Gasteiger partial charge in [0.1, 0.15) is 11.6 Å². The van der Waals surface area contributed by atoms with Gasteiger partial charge >= 0.3 is 6.09 Å². The molecule has 1 spiro atoms. The second kappa shape index (κ2) is 10.0. The normalized spacial score (nSPS) is 24.7. The number of carbonyl (C=O) groups is 1. The molecule has 1 aromatic heterocycles. The van der Waals surface area contributed by atoms with Crippen LogP contribution in [0.4, 0.5) is 15.0 Å². The van der Waals surface area contributed by atoms with Gasteiger partial charge in [-0.3, -0.25) is 9.89 Å². The topological polar surface area (TPSA) is 96.5 Å². The van der Waals surface area contributed by atoms with Gasteiger partial charge in [-0.2, -0.15) is 0 Å². The van der Waals surface area contributed by atoms with Crippen LogP contribution in [-0.2, 0) is 9.47 Å². The molecular formula is C25H35FN6O3. The monoisotopic (exact) mass is 486 g/mol. The van der Waals surface area contributed by atoms with Crippen molar-refractivity contribution in [3.63, 3.8) is 0 Å². The summed E-state index contributed by atoms with van der Waals surface area (Å²) in [7, 11) is 0. The molecule has 3 aliphatic heterocycles. The molecule has 2 saturated heterocycles. The van der Waals surface area contributed by atoms with Gasteiger partial charge in [0, 0.05) is 75.5 Å². The minimum atomic E-state index is -0.410. The number of nitrogens with two attached hydrogens (primary N) is 1. The van der Waals surface area contributed by atoms with Crippen LogP contribution in [0.5, 0.6) is 0 Å². The van der Waals surface area contributed by atoms with Gasteiger partial charge in [0.05, 0.1) is 25.0 Å². The van der Waals surface area contributed by atoms with E-state index in [4.69, 9.17) is 15.2 Å². The van der Waals surface area contributed by atoms with Gasteiger partial charge < -0.3 is 25.0 Å². The van der Waals surface area contributed by atoms with Crippen molar-refractivity contribution in [3.8, 4) is 0 Å². The molecule has 4 heterocycles. The molecule has 10 heteroatoms. The number of rotatable bonds is 5. The van der Waals surface area contributed by atoms with Crippen molar-refractivity contribution < 1.29 is 18.7 Å². The number of halogens is 1. The number of hydrogen-bond acceptors (Lipinski definition) is 8. The molecule has 35 heavy (non-hydrogen) atoms. The third kappa shape index (κ3) is 4.80. The summed E-state index contributed by atoms with van der Waals surface area (Å²) in [5.74, 6) is 0.762. The van der Waals surface area contributed by atoms with Crippen LogP contribution >= 0.6 is 0 Å². The van der Waals surface area contributed by atoms with Crippen LogP contribution < -0.4 is 10.6 Å². The molecule has 0 unspecified atom stereocenters. The molecule has 1 aliphatic carbocycles. The Morgan fingerprint density at radius 3 is 2.83 bits per heavy atom. The van der Waals surface area contributed by atoms with Gasteiger partial charge in [0.25, 0.3) is 0 Å². The maximum absolute atomic E-state index is 14.2. The van der Waals surface area contributed by atoms with Crippen molar-refractivity contribution >= 4 is 23.4 Å². The molecule has 4 aliphatic rings. The molecular weight excluding hydrogens is 451 g/mol. The van der Waals surface area contributed by atoms with Crippen molar-refractivity contribution in [2.45, 2.75) is 38.6 Å². The highest BCUT2D eigenvalue weighted by atomic mass is 19.1. The van der Waals surface area contributed by atoms with Crippen molar-refractivity contribution in [3.05, 3.63) is 29.8 Å². The van der Waals surface area contributed by atoms with Crippen molar-refractivity contribution in [2.24, 2.45) is 16.1 Å². The van der Waals surface area contributed by atoms with Gasteiger partial charge in [-0.1, -0.05) is 0 Å². The van der Waals surface area contributed by atoms with Crippen LogP contribution in [0.3, 0.4) is 0 Å². The highest BCUT2D eigenvalue weighted by Gasteiger charge is 2.51. The number of pyridine rings is 1. The third-order valence-corrected chi connectivity index (χ3v) is 7.70. The van der Waals surface area contributed by atoms with E-state index in [2.05, 4.69) is 19.8 Å². The number of anilines is 1. The van der Waals surface area contributed by atoms with Gasteiger partial charge in [-0.25, -0.2) is 14.2 Å². The number of aromatic nitrogens is 1. The first-order chi connectivity index (χ1) is 17.0. The fourth-order valence-electron chi connectivity index (χ4n) is 5.96. The van der Waals surface area contributed by atoms with Gasteiger partial charge in [0.2, 0.25) is 5.90 Å². The standard InChI is InChI=1S/C25H35FN6O3/c1-2-34-24(33)32-16-25(17-32)5-4-19(13-25)30-7-9-31(10-8-30)22-20(12-18(26)15-29-22)21(14-27)23-28-6-3-11-35-23/h12,14-15,19H,2-11,13,16-17,27H2,1H3/t19-/m1/s1. The average Bonchev–Trinajstić information content (AvgIpc) is 3.31. The summed E-state index contributed by atoms with van der Waals surface area (Å²) in [6.07, 6.45) is 6.82. The Bertz CT molecular complexity index is 1000. The Kier molecular flexibility index (Phi) is 6.82. The first-order valence-corrected chi connectivity index (χ1v) is 12.7. The van der Waals surface area contributed by atoms with Gasteiger partial charge in [-0.15, -0.1) is 0 Å². The Morgan fingerprint density at radius 1 is 1.34 bits per heavy atom. The zero-order valence-corrected chi connectivity index (χ0v) is 20.4. The summed E-state index contributed by atoms with van der Waals surface area (Å²) < 4.78 is 25.1. The van der Waals surface area contributed by atoms with E-state index in [1.165, 1.54) is 18.5 Å². The van der Waals surface area contributed by atoms with Gasteiger partial charge in [-0.05, 0) is 32.3 Å². The smallest absolute Gasteiger partial charge is 0.409 e. The fourth-order valence-corrected chi connectivity index (χ4v) is 5.96. The number of nitrogens with zero attached hydrogens (tertiary/aromatic N) is 5. The Labute approximate surface area is 205 Å². The lowest BCUT2D eigenvalue weighted by Gasteiger charge is -2.48. The number of likely N-dealkylation sites (tertiary alicyclic amines) is 1. The summed E-state index contributed by atoms with van der Waals surface area (Å²) in [5.41, 5.74) is 7.40. The summed E-state index contributed by atoms with van der Waals surface area (Å²) in [6, 6.07) is 2.01. The quantitative estimate of drug-likeness (QED) is 0.683. The minimum absolute atomic E-state index is 0.187. The number of hydrogen-bond donors (Lipinski definition) is 1. The molecule has 1 saturated carbocycles. The summed E-state index contributed by atoms with van der Waals surface area (Å²) in [5, 5.41) is 0. The van der Waals surface area contributed by atoms with Crippen LogP contribution in [0.25, 0.3) is 5.57 Å². The first-order valence-electron chi connectivity index (χ1n) is 12.7. The highest BCUT2D eigenvalue weighted by Crippen LogP contribution is 2.47. The number of aliphatic imine (C=N–C) groups is 1. The summed E-state index contributed by atoms with van der Waals surface area (Å²) in [4.78, 5) is 27.5. The number of carbonyl (C=O) groups excluding carboxylic acids is 1. The van der Waals surface area contributed by atoms with Crippen molar-refractivity contribution in [1.29, 1.82) is 0 Å². The second-order valence-electron chi connectivity index (χ2n) is 9.97. The molecule has 1 aromatic rings. The third-order valence-electron chi connectivity index (χ3n) is 7.70. The largest absolute Gasteiger partial charge is 0.477 e. The van der Waals surface area contributed by atoms with Crippen LogP contribution in [-0.4, -0.2) is 91.8 Å². The lowest BCUT2D eigenvalue weighted by Crippen LogP contribution is -2.58. The maximum Gasteiger partial charge on any atom is 0.409 e. The molecule has 190 valence electrons. The predicted octanol–water partition coefficient (Wildman–Crippen LogP) is 2.47. The molecule has 2 N–H and O–H groups in total. The van der Waals surface area contributed by atoms with E-state index in [-0.39, 0.29) is 11.5 Å². The van der Waals surface area contributed by atoms with Crippen molar-refractivity contribution in [1.82, 2.24) is 14.8 Å². The molecule has 1 atom stereocenters. The van der Waals surface area contributed by atoms with E-state index in [1.54, 1.807) is 0 Å². The lowest BCUT2D eigenvalue weighted by molar-refractivity contribution is -0.00294. The van der Waals surface area contributed by atoms with Crippen LogP contribution in [0.2, 0.25) is 0 Å². The molecule has 0 radical (unpaired) electrons. The summed E-state index contributed by atoms with van der Waals surface area (Å²) in [6.45, 7) is 8.57. The van der Waals surface area contributed by atoms with Gasteiger partial charge in [0.15, 0.2) is 0 Å². The van der Waals surface area contributed by atoms with E-state index in [0.29, 0.717) is 48.7 Å². The Morgan fingerprint density at radius 2 is 2.14 bits per heavy atom. The van der Waals surface area contributed by atoms with E-state index >= 15 is 0 Å². The number of piperazine rings is 1. The zero-order chi connectivity index (χ0) is 24.4. The summed E-state index contributed by atoms with van der Waals surface area (Å²) >= 11 is 0. The molecule has 9 nitrogen and oxygen atoms in total. The second-order valence-corrected chi connectivity index (χ2v) is 9.97. The first kappa shape index (κ1) is 23.8. The number of ether oxygens (including phenoxy) is 2. The van der Waals surface area contributed by atoms with E-state index in [9.17, 15) is 9.18 Å². The Balaban J connectivity index is 1.22. The SMILES string of the molecule is CCOC(=O)N1CC2(CC[C@@H](N3CCN(c4ncc(F)cc4C(=CN)C4=NCCCO4)CC3)C2)C1. The zero-order valence-electron chi connectivity index (χ0n) is 20.4. The predicted molar refractivity (Wildman–Crippen MR) is 132 cm³/mol. The molecule has 5 rings (SSSR count). The molecule has 0 aromatic carbocycles. The highest BCUT2D eigenvalue weighted by molar-refractivity contribution is 6.20. The van der Waals surface area contributed by atoms with Crippen LogP contribution in [0.1, 0.15) is 38.2 Å².